The second-order valence-electron chi connectivity index (χ2n) is 9.15. The molecule has 0 bridgehead atoms. The molecule has 1 aliphatic heterocycles. The number of ether oxygens (including phenoxy) is 1. The average molecular weight is 434 g/mol. The molecule has 1 aliphatic carbocycles. The van der Waals surface area contributed by atoms with Crippen LogP contribution in [0.1, 0.15) is 51.3 Å². The van der Waals surface area contributed by atoms with Crippen molar-refractivity contribution in [1.82, 2.24) is 9.80 Å². The van der Waals surface area contributed by atoms with Crippen LogP contribution in [0, 0.1) is 5.92 Å². The first kappa shape index (κ1) is 22.8. The minimum atomic E-state index is -4.48. The molecular formula is C21H27F5N2O2. The molecule has 2 fully saturated rings. The average Bonchev–Trinajstić information content (AvgIpc) is 3.20. The summed E-state index contributed by atoms with van der Waals surface area (Å²) in [6.45, 7) is 8.07. The van der Waals surface area contributed by atoms with Crippen LogP contribution in [-0.2, 0) is 10.9 Å². The van der Waals surface area contributed by atoms with E-state index in [1.807, 2.05) is 11.8 Å². The van der Waals surface area contributed by atoms with Gasteiger partial charge in [0.2, 0.25) is 0 Å². The van der Waals surface area contributed by atoms with Crippen molar-refractivity contribution >= 4 is 6.09 Å². The van der Waals surface area contributed by atoms with Gasteiger partial charge in [0.25, 0.3) is 5.92 Å². The van der Waals surface area contributed by atoms with E-state index in [1.54, 1.807) is 25.7 Å². The lowest BCUT2D eigenvalue weighted by Crippen LogP contribution is -2.56. The fourth-order valence-electron chi connectivity index (χ4n) is 3.97. The van der Waals surface area contributed by atoms with E-state index in [4.69, 9.17) is 4.74 Å². The van der Waals surface area contributed by atoms with Crippen molar-refractivity contribution in [2.45, 2.75) is 63.9 Å². The topological polar surface area (TPSA) is 32.8 Å². The molecule has 0 N–H and O–H groups in total. The Balaban J connectivity index is 1.77. The highest BCUT2D eigenvalue weighted by Crippen LogP contribution is 2.57. The summed E-state index contributed by atoms with van der Waals surface area (Å²) in [4.78, 5) is 15.8. The quantitative estimate of drug-likeness (QED) is 0.602. The van der Waals surface area contributed by atoms with Gasteiger partial charge < -0.3 is 9.64 Å². The third-order valence-electron chi connectivity index (χ3n) is 5.52. The van der Waals surface area contributed by atoms with Crippen LogP contribution in [-0.4, -0.2) is 53.1 Å². The van der Waals surface area contributed by atoms with Gasteiger partial charge >= 0.3 is 12.3 Å². The Bertz CT molecular complexity index is 773. The Morgan fingerprint density at radius 2 is 1.70 bits per heavy atom. The molecule has 4 nitrogen and oxygen atoms in total. The third-order valence-corrected chi connectivity index (χ3v) is 5.52. The van der Waals surface area contributed by atoms with E-state index in [0.29, 0.717) is 25.2 Å². The predicted molar refractivity (Wildman–Crippen MR) is 101 cm³/mol. The molecule has 0 radical (unpaired) electrons. The molecule has 0 aromatic heterocycles. The Kier molecular flexibility index (Phi) is 5.81. The molecule has 1 aromatic rings. The summed E-state index contributed by atoms with van der Waals surface area (Å²) in [5.74, 6) is -3.78. The van der Waals surface area contributed by atoms with Crippen molar-refractivity contribution in [2.24, 2.45) is 5.92 Å². The van der Waals surface area contributed by atoms with Crippen molar-refractivity contribution < 1.29 is 31.5 Å². The number of carbonyl (C=O) groups excluding carboxylic acids is 1. The molecule has 2 aliphatic rings. The zero-order valence-corrected chi connectivity index (χ0v) is 17.5. The summed E-state index contributed by atoms with van der Waals surface area (Å²) in [5, 5.41) is 0. The fourth-order valence-corrected chi connectivity index (χ4v) is 3.97. The molecule has 1 amide bonds. The largest absolute Gasteiger partial charge is 0.444 e. The van der Waals surface area contributed by atoms with Gasteiger partial charge in [0, 0.05) is 44.1 Å². The predicted octanol–water partition coefficient (Wildman–Crippen LogP) is 5.34. The van der Waals surface area contributed by atoms with Gasteiger partial charge in [-0.25, -0.2) is 13.6 Å². The summed E-state index contributed by atoms with van der Waals surface area (Å²) in [7, 11) is 0. The summed E-state index contributed by atoms with van der Waals surface area (Å²) in [6.07, 6.45) is -5.23. The third kappa shape index (κ3) is 5.04. The Morgan fingerprint density at radius 3 is 2.13 bits per heavy atom. The van der Waals surface area contributed by atoms with Crippen LogP contribution < -0.4 is 0 Å². The number of hydrogen-bond acceptors (Lipinski definition) is 3. The second kappa shape index (κ2) is 7.66. The number of nitrogens with zero attached hydrogens (tertiary/aromatic N) is 2. The van der Waals surface area contributed by atoms with Gasteiger partial charge in [-0.2, -0.15) is 13.2 Å². The van der Waals surface area contributed by atoms with Crippen molar-refractivity contribution in [2.75, 3.05) is 19.6 Å². The maximum atomic E-state index is 14.0. The lowest BCUT2D eigenvalue weighted by atomic mass is 9.97. The zero-order chi connectivity index (χ0) is 22.5. The smallest absolute Gasteiger partial charge is 0.416 e. The molecule has 1 saturated carbocycles. The second-order valence-corrected chi connectivity index (χ2v) is 9.15. The molecule has 1 aromatic carbocycles. The van der Waals surface area contributed by atoms with E-state index in [9.17, 15) is 26.7 Å². The molecule has 9 heteroatoms. The first-order valence-corrected chi connectivity index (χ1v) is 9.98. The van der Waals surface area contributed by atoms with Crippen LogP contribution in [0.5, 0.6) is 0 Å². The monoisotopic (exact) mass is 434 g/mol. The Labute approximate surface area is 173 Å². The number of amides is 1. The highest BCUT2D eigenvalue weighted by Gasteiger charge is 2.62. The summed E-state index contributed by atoms with van der Waals surface area (Å²) in [6, 6.07) is 3.45. The van der Waals surface area contributed by atoms with Crippen molar-refractivity contribution in [1.29, 1.82) is 0 Å². The van der Waals surface area contributed by atoms with E-state index >= 15 is 0 Å². The van der Waals surface area contributed by atoms with Crippen LogP contribution in [0.4, 0.5) is 26.7 Å². The Hall–Kier alpha value is -1.90. The van der Waals surface area contributed by atoms with Crippen molar-refractivity contribution in [3.05, 3.63) is 35.4 Å². The number of hydrogen-bond donors (Lipinski definition) is 0. The fraction of sp³-hybridized carbons (Fsp3) is 0.667. The van der Waals surface area contributed by atoms with E-state index < -0.39 is 41.3 Å². The maximum absolute atomic E-state index is 14.0. The van der Waals surface area contributed by atoms with E-state index in [2.05, 4.69) is 0 Å². The highest BCUT2D eigenvalue weighted by atomic mass is 19.4. The van der Waals surface area contributed by atoms with Crippen LogP contribution >= 0.6 is 0 Å². The zero-order valence-electron chi connectivity index (χ0n) is 17.5. The molecule has 3 atom stereocenters. The first-order valence-electron chi connectivity index (χ1n) is 9.98. The van der Waals surface area contributed by atoms with Gasteiger partial charge in [0.1, 0.15) is 5.60 Å². The molecule has 1 heterocycles. The molecular weight excluding hydrogens is 407 g/mol. The van der Waals surface area contributed by atoms with Crippen molar-refractivity contribution in [3.63, 3.8) is 0 Å². The number of piperazine rings is 1. The summed E-state index contributed by atoms with van der Waals surface area (Å²) < 4.78 is 71.9. The van der Waals surface area contributed by atoms with Crippen LogP contribution in [0.2, 0.25) is 0 Å². The number of alkyl halides is 5. The highest BCUT2D eigenvalue weighted by molar-refractivity contribution is 5.68. The number of carbonyl (C=O) groups is 1. The lowest BCUT2D eigenvalue weighted by Gasteiger charge is -2.43. The van der Waals surface area contributed by atoms with E-state index in [-0.39, 0.29) is 12.5 Å². The molecule has 3 unspecified atom stereocenters. The Morgan fingerprint density at radius 1 is 1.13 bits per heavy atom. The van der Waals surface area contributed by atoms with Crippen LogP contribution in [0.3, 0.4) is 0 Å². The normalized spacial score (nSPS) is 25.7. The van der Waals surface area contributed by atoms with Gasteiger partial charge in [0.05, 0.1) is 5.56 Å². The lowest BCUT2D eigenvalue weighted by molar-refractivity contribution is -0.137. The molecule has 168 valence electrons. The molecule has 1 saturated heterocycles. The van der Waals surface area contributed by atoms with Gasteiger partial charge in [-0.15, -0.1) is 0 Å². The van der Waals surface area contributed by atoms with Crippen LogP contribution in [0.15, 0.2) is 24.3 Å². The summed E-state index contributed by atoms with van der Waals surface area (Å²) >= 11 is 0. The SMILES string of the molecule is CC1CN(C(c2ccc(C(F)(F)F)cc2)C2CC2(F)F)CCN1C(=O)OC(C)(C)C. The molecule has 30 heavy (non-hydrogen) atoms. The minimum Gasteiger partial charge on any atom is -0.444 e. The summed E-state index contributed by atoms with van der Waals surface area (Å²) in [5.41, 5.74) is -1.02. The molecule has 3 rings (SSSR count). The van der Waals surface area contributed by atoms with Gasteiger partial charge in [-0.05, 0) is 45.4 Å². The van der Waals surface area contributed by atoms with Crippen molar-refractivity contribution in [3.8, 4) is 0 Å². The van der Waals surface area contributed by atoms with Gasteiger partial charge in [0.15, 0.2) is 0 Å². The first-order chi connectivity index (χ1) is 13.7. The van der Waals surface area contributed by atoms with Gasteiger partial charge in [-0.1, -0.05) is 12.1 Å². The number of rotatable bonds is 3. The maximum Gasteiger partial charge on any atom is 0.416 e. The van der Waals surface area contributed by atoms with Gasteiger partial charge in [-0.3, -0.25) is 4.90 Å². The standard InChI is InChI=1S/C21H27F5N2O2/c1-13-12-27(9-10-28(13)18(29)30-19(2,3)4)17(16-11-20(16,22)23)14-5-7-15(8-6-14)21(24,25)26/h5-8,13,16-17H,9-12H2,1-4H3. The van der Waals surface area contributed by atoms with E-state index in [0.717, 1.165) is 12.1 Å². The molecule has 0 spiro atoms. The van der Waals surface area contributed by atoms with E-state index in [1.165, 1.54) is 12.1 Å². The minimum absolute atomic E-state index is 0.280. The number of benzene rings is 1. The number of halogens is 5. The van der Waals surface area contributed by atoms with Crippen LogP contribution in [0.25, 0.3) is 0 Å².